The molecule has 1 unspecified atom stereocenters. The molecule has 1 aromatic rings. The molecule has 6 nitrogen and oxygen atoms in total. The van der Waals surface area contributed by atoms with Crippen LogP contribution in [-0.2, 0) is 14.4 Å². The van der Waals surface area contributed by atoms with Crippen LogP contribution in [0, 0.1) is 5.92 Å². The summed E-state index contributed by atoms with van der Waals surface area (Å²) in [5.74, 6) is -0.161. The summed E-state index contributed by atoms with van der Waals surface area (Å²) in [4.78, 5) is 39.7. The van der Waals surface area contributed by atoms with E-state index in [0.717, 1.165) is 25.9 Å². The molecule has 3 amide bonds. The molecule has 0 radical (unpaired) electrons. The number of carbonyl (C=O) groups is 3. The van der Waals surface area contributed by atoms with Crippen molar-refractivity contribution in [2.24, 2.45) is 5.92 Å². The molecule has 0 aliphatic carbocycles. The Balaban J connectivity index is 2.00. The third-order valence-corrected chi connectivity index (χ3v) is 4.73. The zero-order valence-electron chi connectivity index (χ0n) is 14.8. The molecule has 25 heavy (non-hydrogen) atoms. The smallest absolute Gasteiger partial charge is 0.277 e. The molecular formula is C19H23N3O3. The summed E-state index contributed by atoms with van der Waals surface area (Å²) in [6.45, 7) is 5.19. The minimum absolute atomic E-state index is 0.151. The van der Waals surface area contributed by atoms with E-state index in [1.807, 2.05) is 0 Å². The third-order valence-electron chi connectivity index (χ3n) is 4.73. The van der Waals surface area contributed by atoms with E-state index in [1.54, 1.807) is 24.3 Å². The SMILES string of the molecule is CC(=O)Nc1ccc(C2=C(N3CCCC(C)C3)C(=O)N(C)C2=O)cc1. The van der Waals surface area contributed by atoms with Gasteiger partial charge < -0.3 is 10.2 Å². The Morgan fingerprint density at radius 3 is 2.44 bits per heavy atom. The second kappa shape index (κ2) is 6.70. The minimum Gasteiger partial charge on any atom is -0.366 e. The number of anilines is 1. The number of nitrogens with zero attached hydrogens (tertiary/aromatic N) is 2. The molecule has 0 saturated carbocycles. The summed E-state index contributed by atoms with van der Waals surface area (Å²) in [7, 11) is 1.52. The highest BCUT2D eigenvalue weighted by Gasteiger charge is 2.40. The standard InChI is InChI=1S/C19H23N3O3/c1-12-5-4-10-22(11-12)17-16(18(24)21(3)19(17)25)14-6-8-15(9-7-14)20-13(2)23/h6-9,12H,4-5,10-11H2,1-3H3,(H,20,23). The van der Waals surface area contributed by atoms with Gasteiger partial charge in [0.25, 0.3) is 11.8 Å². The van der Waals surface area contributed by atoms with Gasteiger partial charge in [0.05, 0.1) is 5.57 Å². The lowest BCUT2D eigenvalue weighted by Crippen LogP contribution is -2.38. The number of piperidine rings is 1. The Hall–Kier alpha value is -2.63. The molecule has 3 rings (SSSR count). The molecule has 2 aliphatic rings. The Bertz CT molecular complexity index is 752. The summed E-state index contributed by atoms with van der Waals surface area (Å²) in [6, 6.07) is 7.04. The molecule has 0 aromatic heterocycles. The Morgan fingerprint density at radius 2 is 1.84 bits per heavy atom. The van der Waals surface area contributed by atoms with Crippen molar-refractivity contribution in [1.29, 1.82) is 0 Å². The van der Waals surface area contributed by atoms with E-state index in [1.165, 1.54) is 18.9 Å². The van der Waals surface area contributed by atoms with Gasteiger partial charge in [-0.1, -0.05) is 19.1 Å². The number of likely N-dealkylation sites (tertiary alicyclic amines) is 1. The second-order valence-corrected chi connectivity index (χ2v) is 6.84. The monoisotopic (exact) mass is 341 g/mol. The minimum atomic E-state index is -0.273. The van der Waals surface area contributed by atoms with E-state index in [2.05, 4.69) is 17.1 Å². The molecule has 1 saturated heterocycles. The van der Waals surface area contributed by atoms with Crippen molar-refractivity contribution in [3.05, 3.63) is 35.5 Å². The van der Waals surface area contributed by atoms with Crippen LogP contribution < -0.4 is 5.32 Å². The van der Waals surface area contributed by atoms with Crippen molar-refractivity contribution in [3.63, 3.8) is 0 Å². The van der Waals surface area contributed by atoms with Crippen molar-refractivity contribution < 1.29 is 14.4 Å². The Kier molecular flexibility index (Phi) is 4.61. The molecule has 1 fully saturated rings. The maximum Gasteiger partial charge on any atom is 0.277 e. The Labute approximate surface area is 147 Å². The molecule has 1 aromatic carbocycles. The maximum atomic E-state index is 12.7. The number of hydrogen-bond acceptors (Lipinski definition) is 4. The van der Waals surface area contributed by atoms with Crippen LogP contribution in [0.2, 0.25) is 0 Å². The van der Waals surface area contributed by atoms with Gasteiger partial charge in [-0.05, 0) is 36.5 Å². The van der Waals surface area contributed by atoms with Gasteiger partial charge in [0, 0.05) is 32.7 Å². The molecule has 0 spiro atoms. The first-order chi connectivity index (χ1) is 11.9. The molecule has 2 aliphatic heterocycles. The molecule has 1 N–H and O–H groups in total. The number of nitrogens with one attached hydrogen (secondary N) is 1. The number of hydrogen-bond donors (Lipinski definition) is 1. The average Bonchev–Trinajstić information content (AvgIpc) is 2.79. The predicted molar refractivity (Wildman–Crippen MR) is 95.4 cm³/mol. The third kappa shape index (κ3) is 3.29. The van der Waals surface area contributed by atoms with Gasteiger partial charge in [-0.3, -0.25) is 19.3 Å². The van der Waals surface area contributed by atoms with Crippen LogP contribution in [0.5, 0.6) is 0 Å². The summed E-state index contributed by atoms with van der Waals surface area (Å²) in [5.41, 5.74) is 2.32. The molecule has 0 bridgehead atoms. The van der Waals surface area contributed by atoms with Gasteiger partial charge in [-0.25, -0.2) is 0 Å². The van der Waals surface area contributed by atoms with E-state index in [0.29, 0.717) is 28.4 Å². The van der Waals surface area contributed by atoms with Gasteiger partial charge >= 0.3 is 0 Å². The highest BCUT2D eigenvalue weighted by molar-refractivity contribution is 6.35. The molecular weight excluding hydrogens is 318 g/mol. The first kappa shape index (κ1) is 17.2. The van der Waals surface area contributed by atoms with E-state index >= 15 is 0 Å². The number of imide groups is 1. The van der Waals surface area contributed by atoms with Crippen molar-refractivity contribution in [3.8, 4) is 0 Å². The predicted octanol–water partition coefficient (Wildman–Crippen LogP) is 2.09. The first-order valence-electron chi connectivity index (χ1n) is 8.58. The number of likely N-dealkylation sites (N-methyl/N-ethyl adjacent to an activating group) is 1. The van der Waals surface area contributed by atoms with Crippen molar-refractivity contribution in [1.82, 2.24) is 9.80 Å². The highest BCUT2D eigenvalue weighted by Crippen LogP contribution is 2.33. The fraction of sp³-hybridized carbons (Fsp3) is 0.421. The van der Waals surface area contributed by atoms with E-state index in [9.17, 15) is 14.4 Å². The van der Waals surface area contributed by atoms with Gasteiger partial charge in [-0.15, -0.1) is 0 Å². The molecule has 6 heteroatoms. The van der Waals surface area contributed by atoms with Gasteiger partial charge in [0.15, 0.2) is 0 Å². The van der Waals surface area contributed by atoms with E-state index < -0.39 is 0 Å². The average molecular weight is 341 g/mol. The maximum absolute atomic E-state index is 12.7. The van der Waals surface area contributed by atoms with Gasteiger partial charge in [-0.2, -0.15) is 0 Å². The number of carbonyl (C=O) groups excluding carboxylic acids is 3. The number of rotatable bonds is 3. The normalized spacial score (nSPS) is 21.2. The first-order valence-corrected chi connectivity index (χ1v) is 8.58. The number of amides is 3. The van der Waals surface area contributed by atoms with Crippen molar-refractivity contribution in [2.75, 3.05) is 25.5 Å². The lowest BCUT2D eigenvalue weighted by atomic mass is 9.97. The van der Waals surface area contributed by atoms with Crippen molar-refractivity contribution >= 4 is 29.0 Å². The van der Waals surface area contributed by atoms with Crippen molar-refractivity contribution in [2.45, 2.75) is 26.7 Å². The second-order valence-electron chi connectivity index (χ2n) is 6.84. The summed E-state index contributed by atoms with van der Waals surface area (Å²) in [6.07, 6.45) is 2.16. The van der Waals surface area contributed by atoms with Crippen LogP contribution in [0.1, 0.15) is 32.3 Å². The molecule has 132 valence electrons. The lowest BCUT2D eigenvalue weighted by Gasteiger charge is -2.33. The molecule has 1 atom stereocenters. The van der Waals surface area contributed by atoms with Gasteiger partial charge in [0.1, 0.15) is 5.70 Å². The van der Waals surface area contributed by atoms with Crippen LogP contribution in [0.4, 0.5) is 5.69 Å². The van der Waals surface area contributed by atoms with E-state index in [4.69, 9.17) is 0 Å². The highest BCUT2D eigenvalue weighted by atomic mass is 16.2. The summed E-state index contributed by atoms with van der Waals surface area (Å²) >= 11 is 0. The van der Waals surface area contributed by atoms with E-state index in [-0.39, 0.29) is 17.7 Å². The topological polar surface area (TPSA) is 69.7 Å². The zero-order valence-corrected chi connectivity index (χ0v) is 14.8. The van der Waals surface area contributed by atoms with Crippen LogP contribution in [0.25, 0.3) is 5.57 Å². The largest absolute Gasteiger partial charge is 0.366 e. The zero-order chi connectivity index (χ0) is 18.1. The summed E-state index contributed by atoms with van der Waals surface area (Å²) in [5, 5.41) is 2.70. The number of benzene rings is 1. The molecule has 2 heterocycles. The van der Waals surface area contributed by atoms with Crippen LogP contribution in [-0.4, -0.2) is 47.7 Å². The summed E-state index contributed by atoms with van der Waals surface area (Å²) < 4.78 is 0. The fourth-order valence-corrected chi connectivity index (χ4v) is 3.50. The van der Waals surface area contributed by atoms with Crippen LogP contribution in [0.15, 0.2) is 30.0 Å². The fourth-order valence-electron chi connectivity index (χ4n) is 3.50. The van der Waals surface area contributed by atoms with Gasteiger partial charge in [0.2, 0.25) is 5.91 Å². The Morgan fingerprint density at radius 1 is 1.16 bits per heavy atom. The lowest BCUT2D eigenvalue weighted by molar-refractivity contribution is -0.136. The van der Waals surface area contributed by atoms with Crippen LogP contribution >= 0.6 is 0 Å². The quantitative estimate of drug-likeness (QED) is 0.855. The van der Waals surface area contributed by atoms with Crippen LogP contribution in [0.3, 0.4) is 0 Å².